The molecule has 0 saturated carbocycles. The molecule has 0 bridgehead atoms. The predicted octanol–water partition coefficient (Wildman–Crippen LogP) is 3.85. The van der Waals surface area contributed by atoms with E-state index in [1.165, 1.54) is 18.2 Å². The van der Waals surface area contributed by atoms with Crippen LogP contribution in [0, 0.1) is 24.1 Å². The van der Waals surface area contributed by atoms with Crippen molar-refractivity contribution in [2.24, 2.45) is 0 Å². The Balaban J connectivity index is 2.37. The van der Waals surface area contributed by atoms with Crippen LogP contribution in [0.2, 0.25) is 5.15 Å². The smallest absolute Gasteiger partial charge is 0.222 e. The van der Waals surface area contributed by atoms with E-state index in [4.69, 9.17) is 21.6 Å². The molecule has 1 aromatic heterocycles. The maximum absolute atomic E-state index is 13.7. The second-order valence-electron chi connectivity index (χ2n) is 3.62. The summed E-state index contributed by atoms with van der Waals surface area (Å²) in [5, 5.41) is 8.91. The Kier molecular flexibility index (Phi) is 3.45. The maximum Gasteiger partial charge on any atom is 0.222 e. The third-order valence-electron chi connectivity index (χ3n) is 2.27. The summed E-state index contributed by atoms with van der Waals surface area (Å²) in [6, 6.07) is 9.51. The highest BCUT2D eigenvalue weighted by atomic mass is 35.5. The summed E-state index contributed by atoms with van der Waals surface area (Å²) in [4.78, 5) is 3.87. The number of benzene rings is 1. The van der Waals surface area contributed by atoms with Gasteiger partial charge in [-0.3, -0.25) is 0 Å². The van der Waals surface area contributed by atoms with E-state index in [0.29, 0.717) is 11.1 Å². The highest BCUT2D eigenvalue weighted by Gasteiger charge is 2.09. The highest BCUT2D eigenvalue weighted by Crippen LogP contribution is 2.26. The molecule has 18 heavy (non-hydrogen) atoms. The van der Waals surface area contributed by atoms with Crippen molar-refractivity contribution < 1.29 is 9.13 Å². The molecule has 0 N–H and O–H groups in total. The first kappa shape index (κ1) is 12.3. The van der Waals surface area contributed by atoms with Gasteiger partial charge in [-0.25, -0.2) is 9.37 Å². The van der Waals surface area contributed by atoms with Gasteiger partial charge in [0.15, 0.2) is 11.6 Å². The number of nitrogens with zero attached hydrogens (tertiary/aromatic N) is 2. The first-order valence-electron chi connectivity index (χ1n) is 5.11. The van der Waals surface area contributed by atoms with E-state index in [9.17, 15) is 4.39 Å². The van der Waals surface area contributed by atoms with Crippen LogP contribution in [0.3, 0.4) is 0 Å². The first-order chi connectivity index (χ1) is 8.60. The topological polar surface area (TPSA) is 45.9 Å². The summed E-state index contributed by atoms with van der Waals surface area (Å²) >= 11 is 5.73. The quantitative estimate of drug-likeness (QED) is 0.773. The minimum absolute atomic E-state index is 0.0497. The Hall–Kier alpha value is -2.12. The lowest BCUT2D eigenvalue weighted by Crippen LogP contribution is -1.93. The van der Waals surface area contributed by atoms with E-state index < -0.39 is 5.82 Å². The lowest BCUT2D eigenvalue weighted by molar-refractivity contribution is 0.425. The molecule has 0 fully saturated rings. The zero-order valence-corrected chi connectivity index (χ0v) is 10.2. The average molecular weight is 263 g/mol. The molecule has 0 saturated heterocycles. The molecule has 5 heteroatoms. The maximum atomic E-state index is 13.7. The Morgan fingerprint density at radius 1 is 1.39 bits per heavy atom. The summed E-state index contributed by atoms with van der Waals surface area (Å²) in [7, 11) is 0. The molecule has 0 amide bonds. The van der Waals surface area contributed by atoms with Crippen LogP contribution in [0.4, 0.5) is 4.39 Å². The summed E-state index contributed by atoms with van der Waals surface area (Å²) < 4.78 is 19.0. The zero-order valence-electron chi connectivity index (χ0n) is 9.45. The molecule has 0 aliphatic heterocycles. The van der Waals surface area contributed by atoms with Crippen LogP contribution in [-0.2, 0) is 0 Å². The molecule has 2 aromatic rings. The van der Waals surface area contributed by atoms with Crippen molar-refractivity contribution >= 4 is 11.6 Å². The third kappa shape index (κ3) is 2.58. The van der Waals surface area contributed by atoms with Crippen molar-refractivity contribution in [2.45, 2.75) is 6.92 Å². The Morgan fingerprint density at radius 2 is 2.17 bits per heavy atom. The molecule has 0 aliphatic rings. The van der Waals surface area contributed by atoms with Crippen molar-refractivity contribution in [1.82, 2.24) is 4.98 Å². The molecular formula is C13H8ClFN2O. The van der Waals surface area contributed by atoms with E-state index in [1.54, 1.807) is 19.1 Å². The summed E-state index contributed by atoms with van der Waals surface area (Å²) in [5.74, 6) is -0.324. The van der Waals surface area contributed by atoms with Crippen molar-refractivity contribution in [1.29, 1.82) is 5.26 Å². The monoisotopic (exact) mass is 262 g/mol. The first-order valence-corrected chi connectivity index (χ1v) is 5.48. The summed E-state index contributed by atoms with van der Waals surface area (Å²) in [5.41, 5.74) is 0.771. The fourth-order valence-corrected chi connectivity index (χ4v) is 1.60. The van der Waals surface area contributed by atoms with Gasteiger partial charge in [0.1, 0.15) is 5.15 Å². The van der Waals surface area contributed by atoms with Crippen LogP contribution in [0.5, 0.6) is 11.6 Å². The molecule has 90 valence electrons. The molecule has 0 aliphatic carbocycles. The van der Waals surface area contributed by atoms with Crippen LogP contribution in [0.25, 0.3) is 0 Å². The minimum Gasteiger partial charge on any atom is -0.436 e. The molecule has 2 rings (SSSR count). The standard InChI is InChI=1S/C13H8ClFN2O/c1-8-3-2-4-10(13(8)15)18-12-6-9(7-16)5-11(14)17-12/h2-6H,1H3. The molecule has 0 spiro atoms. The van der Waals surface area contributed by atoms with E-state index in [-0.39, 0.29) is 16.8 Å². The van der Waals surface area contributed by atoms with Gasteiger partial charge in [0.05, 0.1) is 11.6 Å². The van der Waals surface area contributed by atoms with E-state index >= 15 is 0 Å². The summed E-state index contributed by atoms with van der Waals surface area (Å²) in [6.45, 7) is 1.63. The normalized spacial score (nSPS) is 9.89. The molecular weight excluding hydrogens is 255 g/mol. The number of halogens is 2. The Labute approximate surface area is 108 Å². The van der Waals surface area contributed by atoms with Crippen LogP contribution in [0.1, 0.15) is 11.1 Å². The number of rotatable bonds is 2. The van der Waals surface area contributed by atoms with Crippen LogP contribution < -0.4 is 4.74 Å². The lowest BCUT2D eigenvalue weighted by atomic mass is 10.2. The Morgan fingerprint density at radius 3 is 2.89 bits per heavy atom. The number of hydrogen-bond donors (Lipinski definition) is 0. The number of nitriles is 1. The van der Waals surface area contributed by atoms with Gasteiger partial charge in [-0.2, -0.15) is 5.26 Å². The van der Waals surface area contributed by atoms with Gasteiger partial charge < -0.3 is 4.74 Å². The van der Waals surface area contributed by atoms with Crippen molar-refractivity contribution in [3.05, 3.63) is 52.4 Å². The number of aryl methyl sites for hydroxylation is 1. The molecule has 0 unspecified atom stereocenters. The zero-order chi connectivity index (χ0) is 13.1. The fourth-order valence-electron chi connectivity index (χ4n) is 1.40. The van der Waals surface area contributed by atoms with Gasteiger partial charge in [0.25, 0.3) is 0 Å². The molecule has 3 nitrogen and oxygen atoms in total. The fraction of sp³-hybridized carbons (Fsp3) is 0.0769. The molecule has 1 aromatic carbocycles. The second kappa shape index (κ2) is 5.03. The Bertz CT molecular complexity index is 637. The minimum atomic E-state index is -0.460. The highest BCUT2D eigenvalue weighted by molar-refractivity contribution is 6.29. The molecule has 1 heterocycles. The van der Waals surface area contributed by atoms with E-state index in [1.807, 2.05) is 6.07 Å². The van der Waals surface area contributed by atoms with Crippen molar-refractivity contribution in [3.63, 3.8) is 0 Å². The SMILES string of the molecule is Cc1cccc(Oc2cc(C#N)cc(Cl)n2)c1F. The number of aromatic nitrogens is 1. The van der Waals surface area contributed by atoms with Gasteiger partial charge in [0, 0.05) is 6.07 Å². The number of ether oxygens (including phenoxy) is 1. The van der Waals surface area contributed by atoms with Crippen LogP contribution in [-0.4, -0.2) is 4.98 Å². The van der Waals surface area contributed by atoms with E-state index in [0.717, 1.165) is 0 Å². The largest absolute Gasteiger partial charge is 0.436 e. The van der Waals surface area contributed by atoms with Gasteiger partial charge >= 0.3 is 0 Å². The second-order valence-corrected chi connectivity index (χ2v) is 4.00. The van der Waals surface area contributed by atoms with Gasteiger partial charge in [0.2, 0.25) is 5.88 Å². The molecule has 0 atom stereocenters. The number of pyridine rings is 1. The average Bonchev–Trinajstić information content (AvgIpc) is 2.34. The lowest BCUT2D eigenvalue weighted by Gasteiger charge is -2.07. The number of hydrogen-bond acceptors (Lipinski definition) is 3. The van der Waals surface area contributed by atoms with Crippen molar-refractivity contribution in [2.75, 3.05) is 0 Å². The van der Waals surface area contributed by atoms with Gasteiger partial charge in [-0.05, 0) is 24.6 Å². The third-order valence-corrected chi connectivity index (χ3v) is 2.46. The van der Waals surface area contributed by atoms with E-state index in [2.05, 4.69) is 4.98 Å². The van der Waals surface area contributed by atoms with Gasteiger partial charge in [-0.1, -0.05) is 23.7 Å². The van der Waals surface area contributed by atoms with Crippen molar-refractivity contribution in [3.8, 4) is 17.7 Å². The summed E-state index contributed by atoms with van der Waals surface area (Å²) in [6.07, 6.45) is 0. The van der Waals surface area contributed by atoms with Crippen LogP contribution in [0.15, 0.2) is 30.3 Å². The molecule has 0 radical (unpaired) electrons. The predicted molar refractivity (Wildman–Crippen MR) is 65.2 cm³/mol. The van der Waals surface area contributed by atoms with Crippen LogP contribution >= 0.6 is 11.6 Å². The van der Waals surface area contributed by atoms with Gasteiger partial charge in [-0.15, -0.1) is 0 Å².